The molecule has 0 aromatic heterocycles. The fourth-order valence-electron chi connectivity index (χ4n) is 3.55. The zero-order valence-corrected chi connectivity index (χ0v) is 14.0. The maximum absolute atomic E-state index is 6.53. The van der Waals surface area contributed by atoms with E-state index in [1.54, 1.807) is 7.11 Å². The third-order valence-corrected chi connectivity index (χ3v) is 6.21. The molecule has 1 aromatic carbocycles. The van der Waals surface area contributed by atoms with Gasteiger partial charge in [-0.1, -0.05) is 6.92 Å². The Kier molecular flexibility index (Phi) is 4.36. The number of nitrogens with one attached hydrogen (secondary N) is 1. The van der Waals surface area contributed by atoms with Gasteiger partial charge in [0.1, 0.15) is 17.1 Å². The average Bonchev–Trinajstić information content (AvgIpc) is 2.50. The lowest BCUT2D eigenvalue weighted by molar-refractivity contribution is 0.0204. The Morgan fingerprint density at radius 1 is 1.48 bits per heavy atom. The van der Waals surface area contributed by atoms with Crippen LogP contribution in [0.1, 0.15) is 44.7 Å². The van der Waals surface area contributed by atoms with Crippen LogP contribution in [-0.2, 0) is 0 Å². The fourth-order valence-corrected chi connectivity index (χ4v) is 4.78. The van der Waals surface area contributed by atoms with Crippen LogP contribution in [0.4, 0.5) is 0 Å². The topological polar surface area (TPSA) is 30.5 Å². The van der Waals surface area contributed by atoms with Gasteiger partial charge in [0, 0.05) is 23.3 Å². The highest BCUT2D eigenvalue weighted by molar-refractivity contribution is 8.00. The van der Waals surface area contributed by atoms with Gasteiger partial charge in [0.15, 0.2) is 0 Å². The van der Waals surface area contributed by atoms with Crippen molar-refractivity contribution in [2.45, 2.75) is 50.0 Å². The second-order valence-electron chi connectivity index (χ2n) is 6.00. The quantitative estimate of drug-likeness (QED) is 0.920. The van der Waals surface area contributed by atoms with Gasteiger partial charge in [-0.15, -0.1) is 0 Å². The fraction of sp³-hybridized carbons (Fsp3) is 0.647. The lowest BCUT2D eigenvalue weighted by Gasteiger charge is -2.48. The van der Waals surface area contributed by atoms with E-state index in [2.05, 4.69) is 31.3 Å². The molecule has 4 heteroatoms. The molecule has 3 atom stereocenters. The normalized spacial score (nSPS) is 31.6. The Hall–Kier alpha value is -0.870. The summed E-state index contributed by atoms with van der Waals surface area (Å²) in [5.41, 5.74) is 1.22. The van der Waals surface area contributed by atoms with E-state index in [0.29, 0.717) is 11.3 Å². The van der Waals surface area contributed by atoms with Gasteiger partial charge in [-0.3, -0.25) is 0 Å². The van der Waals surface area contributed by atoms with Crippen LogP contribution in [0, 0.1) is 0 Å². The van der Waals surface area contributed by atoms with Crippen LogP contribution in [-0.4, -0.2) is 30.3 Å². The molecule has 2 aliphatic rings. The number of benzene rings is 1. The Bertz CT molecular complexity index is 508. The zero-order chi connectivity index (χ0) is 14.9. The first-order valence-corrected chi connectivity index (χ1v) is 8.95. The number of hydrogen-bond donors (Lipinski definition) is 1. The van der Waals surface area contributed by atoms with Crippen LogP contribution >= 0.6 is 11.8 Å². The van der Waals surface area contributed by atoms with Crippen molar-refractivity contribution in [3.05, 3.63) is 23.8 Å². The van der Waals surface area contributed by atoms with Crippen LogP contribution in [0.15, 0.2) is 18.2 Å². The van der Waals surface area contributed by atoms with E-state index >= 15 is 0 Å². The number of hydrogen-bond acceptors (Lipinski definition) is 4. The van der Waals surface area contributed by atoms with Crippen LogP contribution in [0.5, 0.6) is 11.5 Å². The standard InChI is InChI=1S/C17H25NO2S/c1-4-18-15-11-17(8-5-9-21-12(17)2)20-16-7-6-13(19-3)10-14(15)16/h6-7,10,12,15,18H,4-5,8-9,11H2,1-3H3. The summed E-state index contributed by atoms with van der Waals surface area (Å²) in [5.74, 6) is 3.19. The van der Waals surface area contributed by atoms with Gasteiger partial charge in [-0.2, -0.15) is 11.8 Å². The largest absolute Gasteiger partial charge is 0.497 e. The maximum atomic E-state index is 6.53. The molecule has 0 amide bonds. The zero-order valence-electron chi connectivity index (χ0n) is 13.1. The van der Waals surface area contributed by atoms with Crippen molar-refractivity contribution in [1.29, 1.82) is 0 Å². The van der Waals surface area contributed by atoms with E-state index in [9.17, 15) is 0 Å². The summed E-state index contributed by atoms with van der Waals surface area (Å²) in [6.07, 6.45) is 3.46. The van der Waals surface area contributed by atoms with Gasteiger partial charge >= 0.3 is 0 Å². The summed E-state index contributed by atoms with van der Waals surface area (Å²) in [6.45, 7) is 5.46. The summed E-state index contributed by atoms with van der Waals surface area (Å²) in [5, 5.41) is 4.18. The van der Waals surface area contributed by atoms with Crippen LogP contribution in [0.3, 0.4) is 0 Å². The van der Waals surface area contributed by atoms with Crippen molar-refractivity contribution in [2.24, 2.45) is 0 Å². The van der Waals surface area contributed by atoms with Gasteiger partial charge in [0.2, 0.25) is 0 Å². The first-order chi connectivity index (χ1) is 10.2. The average molecular weight is 307 g/mol. The van der Waals surface area contributed by atoms with E-state index in [1.807, 2.05) is 17.8 Å². The molecular formula is C17H25NO2S. The second kappa shape index (κ2) is 6.09. The smallest absolute Gasteiger partial charge is 0.125 e. The van der Waals surface area contributed by atoms with Crippen molar-refractivity contribution >= 4 is 11.8 Å². The SMILES string of the molecule is CCNC1CC2(CCCSC2C)Oc2ccc(OC)cc21. The molecule has 2 aliphatic heterocycles. The lowest BCUT2D eigenvalue weighted by Crippen LogP contribution is -2.52. The van der Waals surface area contributed by atoms with E-state index in [1.165, 1.54) is 17.7 Å². The first-order valence-electron chi connectivity index (χ1n) is 7.90. The number of fused-ring (bicyclic) bond motifs is 1. The molecule has 2 heterocycles. The minimum Gasteiger partial charge on any atom is -0.497 e. The van der Waals surface area contributed by atoms with Gasteiger partial charge in [0.05, 0.1) is 7.11 Å². The van der Waals surface area contributed by atoms with Crippen LogP contribution < -0.4 is 14.8 Å². The molecule has 21 heavy (non-hydrogen) atoms. The molecule has 1 fully saturated rings. The first kappa shape index (κ1) is 15.0. The van der Waals surface area contributed by atoms with E-state index in [0.717, 1.165) is 30.9 Å². The molecule has 3 nitrogen and oxygen atoms in total. The minimum atomic E-state index is -0.0165. The number of methoxy groups -OCH3 is 1. The molecular weight excluding hydrogens is 282 g/mol. The molecule has 116 valence electrons. The molecule has 1 spiro atoms. The third-order valence-electron chi connectivity index (χ3n) is 4.76. The van der Waals surface area contributed by atoms with E-state index < -0.39 is 0 Å². The monoisotopic (exact) mass is 307 g/mol. The molecule has 0 radical (unpaired) electrons. The summed E-state index contributed by atoms with van der Waals surface area (Å²) in [6, 6.07) is 6.55. The van der Waals surface area contributed by atoms with Gasteiger partial charge in [0.25, 0.3) is 0 Å². The maximum Gasteiger partial charge on any atom is 0.125 e. The minimum absolute atomic E-state index is 0.0165. The summed E-state index contributed by atoms with van der Waals surface area (Å²) < 4.78 is 11.9. The Labute approximate surface area is 131 Å². The Balaban J connectivity index is 1.97. The third kappa shape index (κ3) is 2.76. The predicted molar refractivity (Wildman–Crippen MR) is 88.5 cm³/mol. The van der Waals surface area contributed by atoms with E-state index in [4.69, 9.17) is 9.47 Å². The molecule has 0 saturated carbocycles. The molecule has 3 unspecified atom stereocenters. The van der Waals surface area contributed by atoms with Gasteiger partial charge < -0.3 is 14.8 Å². The van der Waals surface area contributed by atoms with Crippen molar-refractivity contribution in [2.75, 3.05) is 19.4 Å². The predicted octanol–water partition coefficient (Wildman–Crippen LogP) is 3.78. The van der Waals surface area contributed by atoms with Crippen molar-refractivity contribution in [3.63, 3.8) is 0 Å². The van der Waals surface area contributed by atoms with E-state index in [-0.39, 0.29) is 5.60 Å². The second-order valence-corrected chi connectivity index (χ2v) is 7.45. The highest BCUT2D eigenvalue weighted by Crippen LogP contribution is 2.48. The number of thioether (sulfide) groups is 1. The van der Waals surface area contributed by atoms with Crippen molar-refractivity contribution < 1.29 is 9.47 Å². The molecule has 1 N–H and O–H groups in total. The number of ether oxygens (including phenoxy) is 2. The number of rotatable bonds is 3. The molecule has 1 aromatic rings. The Morgan fingerprint density at radius 3 is 3.05 bits per heavy atom. The van der Waals surface area contributed by atoms with Gasteiger partial charge in [-0.05, 0) is 50.3 Å². The molecule has 3 rings (SSSR count). The highest BCUT2D eigenvalue weighted by atomic mass is 32.2. The highest BCUT2D eigenvalue weighted by Gasteiger charge is 2.46. The van der Waals surface area contributed by atoms with Crippen LogP contribution in [0.2, 0.25) is 0 Å². The van der Waals surface area contributed by atoms with Crippen molar-refractivity contribution in [3.8, 4) is 11.5 Å². The summed E-state index contributed by atoms with van der Waals surface area (Å²) >= 11 is 2.05. The molecule has 0 aliphatic carbocycles. The van der Waals surface area contributed by atoms with Crippen LogP contribution in [0.25, 0.3) is 0 Å². The lowest BCUT2D eigenvalue weighted by atomic mass is 9.81. The molecule has 1 saturated heterocycles. The summed E-state index contributed by atoms with van der Waals surface area (Å²) in [7, 11) is 1.72. The summed E-state index contributed by atoms with van der Waals surface area (Å²) in [4.78, 5) is 0. The molecule has 0 bridgehead atoms. The van der Waals surface area contributed by atoms with Crippen molar-refractivity contribution in [1.82, 2.24) is 5.32 Å². The Morgan fingerprint density at radius 2 is 2.33 bits per heavy atom. The van der Waals surface area contributed by atoms with Gasteiger partial charge in [-0.25, -0.2) is 0 Å².